The zero-order chi connectivity index (χ0) is 14.1. The molecule has 100 valence electrons. The van der Waals surface area contributed by atoms with Gasteiger partial charge in [0, 0.05) is 4.88 Å². The molecule has 1 atom stereocenters. The van der Waals surface area contributed by atoms with Crippen LogP contribution >= 0.6 is 11.3 Å². The topological polar surface area (TPSA) is 40.9 Å². The molecule has 1 aromatic heterocycles. The average Bonchev–Trinajstić information content (AvgIpc) is 3.02. The van der Waals surface area contributed by atoms with Crippen molar-refractivity contribution < 1.29 is 4.79 Å². The van der Waals surface area contributed by atoms with Gasteiger partial charge in [0.1, 0.15) is 5.92 Å². The highest BCUT2D eigenvalue weighted by molar-refractivity contribution is 7.14. The molecule has 0 bridgehead atoms. The van der Waals surface area contributed by atoms with E-state index in [2.05, 4.69) is 6.07 Å². The van der Waals surface area contributed by atoms with Crippen molar-refractivity contribution in [2.75, 3.05) is 0 Å². The number of carbonyl (C=O) groups excluding carboxylic acids is 1. The number of nitriles is 1. The minimum atomic E-state index is -0.686. The molecule has 2 aromatic rings. The number of thiophene rings is 1. The maximum atomic E-state index is 12.6. The van der Waals surface area contributed by atoms with Crippen molar-refractivity contribution in [3.8, 4) is 6.07 Å². The van der Waals surface area contributed by atoms with Gasteiger partial charge in [0.05, 0.1) is 10.9 Å². The highest BCUT2D eigenvalue weighted by Gasteiger charge is 2.25. The van der Waals surface area contributed by atoms with Crippen LogP contribution in [0, 0.1) is 18.3 Å². The van der Waals surface area contributed by atoms with E-state index < -0.39 is 5.92 Å². The first kappa shape index (κ1) is 13.1. The van der Waals surface area contributed by atoms with E-state index in [0.717, 1.165) is 28.8 Å². The summed E-state index contributed by atoms with van der Waals surface area (Å²) in [5.74, 6) is -0.745. The molecule has 0 radical (unpaired) electrons. The maximum Gasteiger partial charge on any atom is 0.194 e. The van der Waals surface area contributed by atoms with Crippen molar-refractivity contribution in [2.24, 2.45) is 0 Å². The molecule has 0 spiro atoms. The van der Waals surface area contributed by atoms with Gasteiger partial charge in [0.2, 0.25) is 0 Å². The molecule has 0 N–H and O–H groups in total. The van der Waals surface area contributed by atoms with E-state index in [1.54, 1.807) is 11.3 Å². The second-order valence-corrected chi connectivity index (χ2v) is 6.39. The molecular weight excluding hydrogens is 266 g/mol. The van der Waals surface area contributed by atoms with E-state index in [-0.39, 0.29) is 5.78 Å². The number of aryl methyl sites for hydroxylation is 3. The number of carbonyl (C=O) groups is 1. The Labute approximate surface area is 122 Å². The zero-order valence-corrected chi connectivity index (χ0v) is 12.2. The smallest absolute Gasteiger partial charge is 0.194 e. The fourth-order valence-corrected chi connectivity index (χ4v) is 3.86. The first-order valence-corrected chi connectivity index (χ1v) is 7.62. The summed E-state index contributed by atoms with van der Waals surface area (Å²) >= 11 is 1.57. The molecule has 20 heavy (non-hydrogen) atoms. The SMILES string of the molecule is Cc1ccc(C(C#N)C(=O)c2cc3c(s2)CCC3)cc1. The highest BCUT2D eigenvalue weighted by Crippen LogP contribution is 2.33. The quantitative estimate of drug-likeness (QED) is 0.797. The molecule has 1 aliphatic carbocycles. The Morgan fingerprint density at radius 3 is 2.70 bits per heavy atom. The molecule has 2 nitrogen and oxygen atoms in total. The van der Waals surface area contributed by atoms with Gasteiger partial charge in [-0.1, -0.05) is 29.8 Å². The number of ketones is 1. The Bertz CT molecular complexity index is 669. The Kier molecular flexibility index (Phi) is 3.42. The van der Waals surface area contributed by atoms with Crippen molar-refractivity contribution in [1.29, 1.82) is 5.26 Å². The molecule has 1 heterocycles. The van der Waals surface area contributed by atoms with Crippen molar-refractivity contribution in [2.45, 2.75) is 32.1 Å². The van der Waals surface area contributed by atoms with Crippen molar-refractivity contribution >= 4 is 17.1 Å². The minimum Gasteiger partial charge on any atom is -0.291 e. The predicted molar refractivity (Wildman–Crippen MR) is 80.2 cm³/mol. The van der Waals surface area contributed by atoms with Gasteiger partial charge in [0.15, 0.2) is 5.78 Å². The van der Waals surface area contributed by atoms with Gasteiger partial charge in [-0.25, -0.2) is 0 Å². The van der Waals surface area contributed by atoms with Crippen LogP contribution in [0.5, 0.6) is 0 Å². The van der Waals surface area contributed by atoms with Crippen LogP contribution in [0.2, 0.25) is 0 Å². The van der Waals surface area contributed by atoms with E-state index in [4.69, 9.17) is 0 Å². The van der Waals surface area contributed by atoms with Crippen LogP contribution in [0.25, 0.3) is 0 Å². The van der Waals surface area contributed by atoms with Crippen LogP contribution in [0.1, 0.15) is 43.6 Å². The lowest BCUT2D eigenvalue weighted by molar-refractivity contribution is 0.0982. The summed E-state index contributed by atoms with van der Waals surface area (Å²) in [5.41, 5.74) is 3.23. The Morgan fingerprint density at radius 2 is 2.05 bits per heavy atom. The third-order valence-electron chi connectivity index (χ3n) is 3.79. The van der Waals surface area contributed by atoms with Crippen LogP contribution in [0.15, 0.2) is 30.3 Å². The van der Waals surface area contributed by atoms with Crippen molar-refractivity contribution in [1.82, 2.24) is 0 Å². The molecular formula is C17H15NOS. The standard InChI is InChI=1S/C17H15NOS/c1-11-5-7-12(8-6-11)14(10-18)17(19)16-9-13-3-2-4-15(13)20-16/h5-9,14H,2-4H2,1H3. The third-order valence-corrected chi connectivity index (χ3v) is 5.04. The van der Waals surface area contributed by atoms with Gasteiger partial charge >= 0.3 is 0 Å². The van der Waals surface area contributed by atoms with Gasteiger partial charge in [-0.05, 0) is 43.4 Å². The van der Waals surface area contributed by atoms with E-state index >= 15 is 0 Å². The summed E-state index contributed by atoms with van der Waals surface area (Å²) in [4.78, 5) is 14.6. The molecule has 0 saturated carbocycles. The lowest BCUT2D eigenvalue weighted by atomic mass is 9.94. The number of hydrogen-bond acceptors (Lipinski definition) is 3. The predicted octanol–water partition coefficient (Wildman–Crippen LogP) is 4.04. The van der Waals surface area contributed by atoms with Crippen molar-refractivity contribution in [3.63, 3.8) is 0 Å². The molecule has 1 aromatic carbocycles. The molecule has 3 rings (SSSR count). The van der Waals surface area contributed by atoms with Crippen molar-refractivity contribution in [3.05, 3.63) is 56.8 Å². The summed E-state index contributed by atoms with van der Waals surface area (Å²) in [6, 6.07) is 11.8. The Balaban J connectivity index is 1.90. The largest absolute Gasteiger partial charge is 0.291 e. The van der Waals surface area contributed by atoms with Gasteiger partial charge in [-0.3, -0.25) is 4.79 Å². The van der Waals surface area contributed by atoms with E-state index in [0.29, 0.717) is 0 Å². The van der Waals surface area contributed by atoms with Gasteiger partial charge in [-0.2, -0.15) is 5.26 Å². The van der Waals surface area contributed by atoms with Crippen LogP contribution in [-0.2, 0) is 12.8 Å². The van der Waals surface area contributed by atoms with E-state index in [9.17, 15) is 10.1 Å². The fourth-order valence-electron chi connectivity index (χ4n) is 2.64. The molecule has 1 aliphatic rings. The summed E-state index contributed by atoms with van der Waals surface area (Å²) in [6.45, 7) is 2.00. The second-order valence-electron chi connectivity index (χ2n) is 5.25. The maximum absolute atomic E-state index is 12.6. The number of rotatable bonds is 3. The van der Waals surface area contributed by atoms with Gasteiger partial charge in [0.25, 0.3) is 0 Å². The lowest BCUT2D eigenvalue weighted by Crippen LogP contribution is -2.09. The minimum absolute atomic E-state index is 0.0595. The summed E-state index contributed by atoms with van der Waals surface area (Å²) in [5, 5.41) is 9.36. The van der Waals surface area contributed by atoms with Crippen LogP contribution in [0.4, 0.5) is 0 Å². The first-order valence-electron chi connectivity index (χ1n) is 6.81. The molecule has 1 unspecified atom stereocenters. The Morgan fingerprint density at radius 1 is 1.30 bits per heavy atom. The number of benzene rings is 1. The number of fused-ring (bicyclic) bond motifs is 1. The van der Waals surface area contributed by atoms with Gasteiger partial charge in [-0.15, -0.1) is 11.3 Å². The molecule has 0 amide bonds. The number of hydrogen-bond donors (Lipinski definition) is 0. The summed E-state index contributed by atoms with van der Waals surface area (Å²) in [6.07, 6.45) is 3.34. The molecule has 0 fully saturated rings. The number of nitrogens with zero attached hydrogens (tertiary/aromatic N) is 1. The molecule has 3 heteroatoms. The lowest BCUT2D eigenvalue weighted by Gasteiger charge is -2.07. The number of Topliss-reactive ketones (excluding diaryl/α,β-unsaturated/α-hetero) is 1. The van der Waals surface area contributed by atoms with Crippen LogP contribution in [0.3, 0.4) is 0 Å². The molecule has 0 aliphatic heterocycles. The summed E-state index contributed by atoms with van der Waals surface area (Å²) in [7, 11) is 0. The van der Waals surface area contributed by atoms with Crippen LogP contribution < -0.4 is 0 Å². The second kappa shape index (κ2) is 5.22. The first-order chi connectivity index (χ1) is 9.69. The third kappa shape index (κ3) is 2.28. The normalized spacial score (nSPS) is 14.6. The zero-order valence-electron chi connectivity index (χ0n) is 11.3. The van der Waals surface area contributed by atoms with E-state index in [1.807, 2.05) is 37.3 Å². The highest BCUT2D eigenvalue weighted by atomic mass is 32.1. The summed E-state index contributed by atoms with van der Waals surface area (Å²) < 4.78 is 0. The average molecular weight is 281 g/mol. The monoisotopic (exact) mass is 281 g/mol. The fraction of sp³-hybridized carbons (Fsp3) is 0.294. The van der Waals surface area contributed by atoms with E-state index in [1.165, 1.54) is 16.9 Å². The van der Waals surface area contributed by atoms with Gasteiger partial charge < -0.3 is 0 Å². The molecule has 0 saturated heterocycles. The van der Waals surface area contributed by atoms with Crippen LogP contribution in [-0.4, -0.2) is 5.78 Å². The Hall–Kier alpha value is -1.92.